The average molecular weight is 239 g/mol. The van der Waals surface area contributed by atoms with E-state index in [0.717, 1.165) is 31.6 Å². The van der Waals surface area contributed by atoms with E-state index in [4.69, 9.17) is 11.6 Å². The number of amides is 1. The number of nitrogens with one attached hydrogen (secondary N) is 1. The zero-order chi connectivity index (χ0) is 11.4. The number of para-hydroxylation sites is 1. The van der Waals surface area contributed by atoms with Crippen molar-refractivity contribution in [3.8, 4) is 0 Å². The van der Waals surface area contributed by atoms with E-state index in [0.29, 0.717) is 11.6 Å². The molecule has 0 radical (unpaired) electrons. The van der Waals surface area contributed by atoms with E-state index in [-0.39, 0.29) is 5.91 Å². The molecule has 1 aromatic rings. The van der Waals surface area contributed by atoms with Gasteiger partial charge in [0.1, 0.15) is 0 Å². The average Bonchev–Trinajstić information content (AvgIpc) is 2.81. The first kappa shape index (κ1) is 11.3. The predicted molar refractivity (Wildman–Crippen MR) is 65.8 cm³/mol. The van der Waals surface area contributed by atoms with E-state index >= 15 is 0 Å². The smallest absolute Gasteiger partial charge is 0.241 e. The Hall–Kier alpha value is -1.22. The SMILES string of the molecule is O=C(CNc1ccccc1Cl)N1CCCC1. The number of carbonyl (C=O) groups is 1. The quantitative estimate of drug-likeness (QED) is 0.877. The fourth-order valence-corrected chi connectivity index (χ4v) is 2.06. The fourth-order valence-electron chi connectivity index (χ4n) is 1.85. The third-order valence-electron chi connectivity index (χ3n) is 2.76. The van der Waals surface area contributed by atoms with Crippen LogP contribution in [-0.2, 0) is 4.79 Å². The zero-order valence-electron chi connectivity index (χ0n) is 9.08. The summed E-state index contributed by atoms with van der Waals surface area (Å²) in [5.41, 5.74) is 0.816. The van der Waals surface area contributed by atoms with Crippen LogP contribution in [0.4, 0.5) is 5.69 Å². The molecule has 16 heavy (non-hydrogen) atoms. The molecule has 1 N–H and O–H groups in total. The molecular weight excluding hydrogens is 224 g/mol. The van der Waals surface area contributed by atoms with Gasteiger partial charge in [0.15, 0.2) is 0 Å². The Morgan fingerprint density at radius 2 is 2.00 bits per heavy atom. The number of halogens is 1. The van der Waals surface area contributed by atoms with Gasteiger partial charge in [-0.2, -0.15) is 0 Å². The second-order valence-corrected chi connectivity index (χ2v) is 4.33. The lowest BCUT2D eigenvalue weighted by molar-refractivity contribution is -0.128. The molecule has 0 aromatic heterocycles. The maximum absolute atomic E-state index is 11.8. The Balaban J connectivity index is 1.87. The van der Waals surface area contributed by atoms with Crippen molar-refractivity contribution in [2.45, 2.75) is 12.8 Å². The highest BCUT2D eigenvalue weighted by Crippen LogP contribution is 2.20. The molecule has 1 aromatic carbocycles. The van der Waals surface area contributed by atoms with Gasteiger partial charge in [0.05, 0.1) is 17.3 Å². The molecule has 1 heterocycles. The first-order valence-electron chi connectivity index (χ1n) is 5.53. The van der Waals surface area contributed by atoms with Crippen molar-refractivity contribution in [3.63, 3.8) is 0 Å². The second kappa shape index (κ2) is 5.21. The lowest BCUT2D eigenvalue weighted by atomic mass is 10.3. The van der Waals surface area contributed by atoms with Gasteiger partial charge in [-0.3, -0.25) is 4.79 Å². The van der Waals surface area contributed by atoms with Gasteiger partial charge in [-0.1, -0.05) is 23.7 Å². The number of hydrogen-bond donors (Lipinski definition) is 1. The zero-order valence-corrected chi connectivity index (χ0v) is 9.83. The number of hydrogen-bond acceptors (Lipinski definition) is 2. The van der Waals surface area contributed by atoms with Crippen molar-refractivity contribution in [1.82, 2.24) is 4.90 Å². The maximum atomic E-state index is 11.8. The number of rotatable bonds is 3. The number of anilines is 1. The highest BCUT2D eigenvalue weighted by atomic mass is 35.5. The van der Waals surface area contributed by atoms with Gasteiger partial charge in [0, 0.05) is 13.1 Å². The molecule has 0 saturated carbocycles. The van der Waals surface area contributed by atoms with E-state index in [2.05, 4.69) is 5.32 Å². The Morgan fingerprint density at radius 1 is 1.31 bits per heavy atom. The van der Waals surface area contributed by atoms with Gasteiger partial charge in [-0.15, -0.1) is 0 Å². The van der Waals surface area contributed by atoms with Crippen LogP contribution >= 0.6 is 11.6 Å². The van der Waals surface area contributed by atoms with Gasteiger partial charge in [0.2, 0.25) is 5.91 Å². The van der Waals surface area contributed by atoms with E-state index in [1.807, 2.05) is 29.2 Å². The number of carbonyl (C=O) groups excluding carboxylic acids is 1. The van der Waals surface area contributed by atoms with Gasteiger partial charge >= 0.3 is 0 Å². The molecule has 2 rings (SSSR count). The lowest BCUT2D eigenvalue weighted by Gasteiger charge is -2.16. The van der Waals surface area contributed by atoms with Gasteiger partial charge < -0.3 is 10.2 Å². The standard InChI is InChI=1S/C12H15ClN2O/c13-10-5-1-2-6-11(10)14-9-12(16)15-7-3-4-8-15/h1-2,5-6,14H,3-4,7-9H2. The molecule has 0 spiro atoms. The topological polar surface area (TPSA) is 32.3 Å². The summed E-state index contributed by atoms with van der Waals surface area (Å²) in [6.07, 6.45) is 2.25. The fraction of sp³-hybridized carbons (Fsp3) is 0.417. The van der Waals surface area contributed by atoms with E-state index in [9.17, 15) is 4.79 Å². The van der Waals surface area contributed by atoms with Crippen molar-refractivity contribution in [3.05, 3.63) is 29.3 Å². The molecule has 1 saturated heterocycles. The molecule has 0 atom stereocenters. The number of nitrogens with zero attached hydrogens (tertiary/aromatic N) is 1. The van der Waals surface area contributed by atoms with Crippen molar-refractivity contribution >= 4 is 23.2 Å². The van der Waals surface area contributed by atoms with Crippen molar-refractivity contribution < 1.29 is 4.79 Å². The van der Waals surface area contributed by atoms with Gasteiger partial charge in [-0.25, -0.2) is 0 Å². The first-order chi connectivity index (χ1) is 7.77. The summed E-state index contributed by atoms with van der Waals surface area (Å²) in [6.45, 7) is 2.11. The van der Waals surface area contributed by atoms with Crippen LogP contribution in [0.15, 0.2) is 24.3 Å². The largest absolute Gasteiger partial charge is 0.375 e. The van der Waals surface area contributed by atoms with Crippen LogP contribution in [0.1, 0.15) is 12.8 Å². The van der Waals surface area contributed by atoms with Crippen molar-refractivity contribution in [1.29, 1.82) is 0 Å². The van der Waals surface area contributed by atoms with Crippen LogP contribution in [0.2, 0.25) is 5.02 Å². The van der Waals surface area contributed by atoms with Crippen LogP contribution < -0.4 is 5.32 Å². The Kier molecular flexibility index (Phi) is 3.67. The summed E-state index contributed by atoms with van der Waals surface area (Å²) in [4.78, 5) is 13.6. The van der Waals surface area contributed by atoms with Crippen LogP contribution in [0.5, 0.6) is 0 Å². The minimum atomic E-state index is 0.150. The van der Waals surface area contributed by atoms with Crippen molar-refractivity contribution in [2.75, 3.05) is 25.0 Å². The molecule has 3 nitrogen and oxygen atoms in total. The summed E-state index contributed by atoms with van der Waals surface area (Å²) in [6, 6.07) is 7.45. The van der Waals surface area contributed by atoms with Crippen LogP contribution in [-0.4, -0.2) is 30.4 Å². The molecule has 1 aliphatic rings. The molecular formula is C12H15ClN2O. The molecule has 0 aliphatic carbocycles. The highest BCUT2D eigenvalue weighted by molar-refractivity contribution is 6.33. The minimum Gasteiger partial charge on any atom is -0.375 e. The summed E-state index contributed by atoms with van der Waals surface area (Å²) >= 11 is 5.98. The molecule has 86 valence electrons. The number of benzene rings is 1. The molecule has 1 fully saturated rings. The van der Waals surface area contributed by atoms with E-state index < -0.39 is 0 Å². The van der Waals surface area contributed by atoms with Crippen LogP contribution in [0.25, 0.3) is 0 Å². The summed E-state index contributed by atoms with van der Waals surface area (Å²) in [5, 5.41) is 3.72. The molecule has 0 bridgehead atoms. The van der Waals surface area contributed by atoms with Crippen LogP contribution in [0, 0.1) is 0 Å². The van der Waals surface area contributed by atoms with E-state index in [1.54, 1.807) is 0 Å². The lowest BCUT2D eigenvalue weighted by Crippen LogP contribution is -2.33. The third kappa shape index (κ3) is 2.67. The molecule has 1 amide bonds. The second-order valence-electron chi connectivity index (χ2n) is 3.92. The highest BCUT2D eigenvalue weighted by Gasteiger charge is 2.17. The van der Waals surface area contributed by atoms with Crippen LogP contribution in [0.3, 0.4) is 0 Å². The minimum absolute atomic E-state index is 0.150. The summed E-state index contributed by atoms with van der Waals surface area (Å²) in [7, 11) is 0. The molecule has 0 unspecified atom stereocenters. The first-order valence-corrected chi connectivity index (χ1v) is 5.91. The summed E-state index contributed by atoms with van der Waals surface area (Å²) in [5.74, 6) is 0.150. The van der Waals surface area contributed by atoms with Gasteiger partial charge in [0.25, 0.3) is 0 Å². The predicted octanol–water partition coefficient (Wildman–Crippen LogP) is 2.37. The van der Waals surface area contributed by atoms with E-state index in [1.165, 1.54) is 0 Å². The normalized spacial score (nSPS) is 15.2. The molecule has 4 heteroatoms. The summed E-state index contributed by atoms with van der Waals surface area (Å²) < 4.78 is 0. The Bertz CT molecular complexity index is 375. The monoisotopic (exact) mass is 238 g/mol. The third-order valence-corrected chi connectivity index (χ3v) is 3.09. The Morgan fingerprint density at radius 3 is 2.69 bits per heavy atom. The van der Waals surface area contributed by atoms with Crippen molar-refractivity contribution in [2.24, 2.45) is 0 Å². The number of likely N-dealkylation sites (tertiary alicyclic amines) is 1. The maximum Gasteiger partial charge on any atom is 0.241 e. The Labute approximate surface area is 100 Å². The molecule has 1 aliphatic heterocycles. The van der Waals surface area contributed by atoms with Gasteiger partial charge in [-0.05, 0) is 25.0 Å².